The first kappa shape index (κ1) is 16.4. The van der Waals surface area contributed by atoms with Gasteiger partial charge in [0, 0.05) is 30.7 Å². The van der Waals surface area contributed by atoms with Crippen molar-refractivity contribution in [3.05, 3.63) is 35.8 Å². The zero-order valence-electron chi connectivity index (χ0n) is 13.6. The summed E-state index contributed by atoms with van der Waals surface area (Å²) in [5.74, 6) is 0.301. The van der Waals surface area contributed by atoms with Gasteiger partial charge in [-0.15, -0.1) is 11.3 Å². The van der Waals surface area contributed by atoms with Crippen molar-refractivity contribution in [3.63, 3.8) is 0 Å². The largest absolute Gasteiger partial charge is 0.431 e. The first-order valence-electron chi connectivity index (χ1n) is 8.21. The van der Waals surface area contributed by atoms with Crippen LogP contribution < -0.4 is 10.2 Å². The van der Waals surface area contributed by atoms with Crippen LogP contribution in [0, 0.1) is 0 Å². The molecule has 1 aliphatic heterocycles. The highest BCUT2D eigenvalue weighted by Crippen LogP contribution is 2.27. The number of hydrogen-bond donors (Lipinski definition) is 1. The van der Waals surface area contributed by atoms with Crippen LogP contribution in [0.2, 0.25) is 0 Å². The number of anilines is 1. The Morgan fingerprint density at radius 3 is 3.20 bits per heavy atom. The number of para-hydroxylation sites is 2. The molecule has 1 N–H and O–H groups in total. The maximum atomic E-state index is 12.1. The first-order valence-corrected chi connectivity index (χ1v) is 10.1. The predicted octanol–water partition coefficient (Wildman–Crippen LogP) is 3.16. The van der Waals surface area contributed by atoms with E-state index in [1.807, 2.05) is 35.8 Å². The summed E-state index contributed by atoms with van der Waals surface area (Å²) in [6.07, 6.45) is 4.04. The first-order chi connectivity index (χ1) is 12.3. The average Bonchev–Trinajstić information content (AvgIpc) is 3.37. The number of hydrogen-bond acceptors (Lipinski definition) is 7. The summed E-state index contributed by atoms with van der Waals surface area (Å²) in [7, 11) is 0. The van der Waals surface area contributed by atoms with E-state index in [1.165, 1.54) is 11.8 Å². The standard InChI is InChI=1S/C17H18N4O2S2/c22-15(11-25-17-20-13-5-1-2-6-14(13)23-17)19-10-12-4-3-8-21(12)16-18-7-9-24-16/h1-2,5-7,9,12H,3-4,8,10-11H2,(H,19,22). The van der Waals surface area contributed by atoms with Crippen molar-refractivity contribution in [2.24, 2.45) is 0 Å². The molecule has 1 atom stereocenters. The van der Waals surface area contributed by atoms with Crippen LogP contribution >= 0.6 is 23.1 Å². The Bertz CT molecular complexity index is 816. The van der Waals surface area contributed by atoms with Gasteiger partial charge < -0.3 is 14.6 Å². The van der Waals surface area contributed by atoms with Gasteiger partial charge in [-0.1, -0.05) is 23.9 Å². The Labute approximate surface area is 153 Å². The number of nitrogens with zero attached hydrogens (tertiary/aromatic N) is 3. The van der Waals surface area contributed by atoms with Gasteiger partial charge in [0.1, 0.15) is 5.52 Å². The van der Waals surface area contributed by atoms with Crippen LogP contribution in [0.5, 0.6) is 0 Å². The molecule has 0 radical (unpaired) electrons. The zero-order valence-corrected chi connectivity index (χ0v) is 15.2. The molecular formula is C17H18N4O2S2. The smallest absolute Gasteiger partial charge is 0.257 e. The number of nitrogens with one attached hydrogen (secondary N) is 1. The number of fused-ring (bicyclic) bond motifs is 1. The molecule has 1 unspecified atom stereocenters. The van der Waals surface area contributed by atoms with E-state index in [2.05, 4.69) is 20.2 Å². The number of carbonyl (C=O) groups is 1. The van der Waals surface area contributed by atoms with Crippen molar-refractivity contribution in [2.75, 3.05) is 23.7 Å². The highest BCUT2D eigenvalue weighted by Gasteiger charge is 2.26. The van der Waals surface area contributed by atoms with Gasteiger partial charge in [0.2, 0.25) is 5.91 Å². The molecule has 4 rings (SSSR count). The van der Waals surface area contributed by atoms with Gasteiger partial charge in [0.05, 0.1) is 5.75 Å². The zero-order chi connectivity index (χ0) is 17.1. The Hall–Kier alpha value is -2.06. The lowest BCUT2D eigenvalue weighted by Gasteiger charge is -2.24. The Kier molecular flexibility index (Phi) is 4.89. The molecule has 0 saturated carbocycles. The molecule has 0 bridgehead atoms. The van der Waals surface area contributed by atoms with Crippen LogP contribution in [0.25, 0.3) is 11.1 Å². The SMILES string of the molecule is O=C(CSc1nc2ccccc2o1)NCC1CCCN1c1nccs1. The monoisotopic (exact) mass is 374 g/mol. The van der Waals surface area contributed by atoms with E-state index in [-0.39, 0.29) is 5.91 Å². The lowest BCUT2D eigenvalue weighted by molar-refractivity contribution is -0.118. The van der Waals surface area contributed by atoms with Gasteiger partial charge in [-0.3, -0.25) is 4.79 Å². The van der Waals surface area contributed by atoms with Crippen molar-refractivity contribution < 1.29 is 9.21 Å². The Balaban J connectivity index is 1.27. The summed E-state index contributed by atoms with van der Waals surface area (Å²) >= 11 is 2.97. The predicted molar refractivity (Wildman–Crippen MR) is 100 cm³/mol. The molecule has 1 amide bonds. The minimum absolute atomic E-state index is 0.00163. The molecule has 1 aliphatic rings. The molecule has 130 valence electrons. The highest BCUT2D eigenvalue weighted by atomic mass is 32.2. The number of carbonyl (C=O) groups excluding carboxylic acids is 1. The number of aromatic nitrogens is 2. The molecular weight excluding hydrogens is 356 g/mol. The van der Waals surface area contributed by atoms with Crippen LogP contribution in [0.15, 0.2) is 45.5 Å². The number of amides is 1. The third-order valence-corrected chi connectivity index (χ3v) is 5.81. The van der Waals surface area contributed by atoms with Gasteiger partial charge in [-0.2, -0.15) is 0 Å². The molecule has 6 nitrogen and oxygen atoms in total. The molecule has 0 aliphatic carbocycles. The molecule has 1 fully saturated rings. The van der Waals surface area contributed by atoms with E-state index in [1.54, 1.807) is 11.3 Å². The fourth-order valence-corrected chi connectivity index (χ4v) is 4.39. The molecule has 3 aromatic rings. The van der Waals surface area contributed by atoms with Gasteiger partial charge in [0.25, 0.3) is 5.22 Å². The number of benzene rings is 1. The number of thiazole rings is 1. The van der Waals surface area contributed by atoms with Gasteiger partial charge in [0.15, 0.2) is 10.7 Å². The van der Waals surface area contributed by atoms with E-state index < -0.39 is 0 Å². The quantitative estimate of drug-likeness (QED) is 0.668. The molecule has 1 saturated heterocycles. The second-order valence-corrected chi connectivity index (χ2v) is 7.64. The molecule has 1 aromatic carbocycles. The molecule has 25 heavy (non-hydrogen) atoms. The van der Waals surface area contributed by atoms with Crippen LogP contribution in [0.4, 0.5) is 5.13 Å². The summed E-state index contributed by atoms with van der Waals surface area (Å²) in [5, 5.41) is 6.58. The number of oxazole rings is 1. The minimum atomic E-state index is -0.00163. The van der Waals surface area contributed by atoms with Crippen molar-refractivity contribution in [1.29, 1.82) is 0 Å². The van der Waals surface area contributed by atoms with Crippen LogP contribution in [-0.2, 0) is 4.79 Å². The fraction of sp³-hybridized carbons (Fsp3) is 0.353. The van der Waals surface area contributed by atoms with Crippen molar-refractivity contribution in [2.45, 2.75) is 24.1 Å². The second-order valence-electron chi connectivity index (χ2n) is 5.84. The Morgan fingerprint density at radius 2 is 2.36 bits per heavy atom. The maximum Gasteiger partial charge on any atom is 0.257 e. The van der Waals surface area contributed by atoms with E-state index >= 15 is 0 Å². The van der Waals surface area contributed by atoms with Crippen LogP contribution in [0.1, 0.15) is 12.8 Å². The second kappa shape index (κ2) is 7.45. The van der Waals surface area contributed by atoms with Crippen LogP contribution in [-0.4, -0.2) is 40.8 Å². The fourth-order valence-electron chi connectivity index (χ4n) is 2.98. The summed E-state index contributed by atoms with van der Waals surface area (Å²) in [6.45, 7) is 1.65. The average molecular weight is 374 g/mol. The van der Waals surface area contributed by atoms with Gasteiger partial charge in [-0.25, -0.2) is 9.97 Å². The van der Waals surface area contributed by atoms with Crippen LogP contribution in [0.3, 0.4) is 0 Å². The van der Waals surface area contributed by atoms with E-state index in [9.17, 15) is 4.79 Å². The molecule has 2 aromatic heterocycles. The van der Waals surface area contributed by atoms with E-state index in [0.29, 0.717) is 23.6 Å². The number of rotatable bonds is 6. The van der Waals surface area contributed by atoms with E-state index in [4.69, 9.17) is 4.42 Å². The third kappa shape index (κ3) is 3.80. The molecule has 0 spiro atoms. The molecule has 3 heterocycles. The van der Waals surface area contributed by atoms with Gasteiger partial charge >= 0.3 is 0 Å². The van der Waals surface area contributed by atoms with Crippen molar-refractivity contribution >= 4 is 45.2 Å². The topological polar surface area (TPSA) is 71.3 Å². The lowest BCUT2D eigenvalue weighted by Crippen LogP contribution is -2.40. The number of thioether (sulfide) groups is 1. The van der Waals surface area contributed by atoms with Crippen molar-refractivity contribution in [3.8, 4) is 0 Å². The summed E-state index contributed by atoms with van der Waals surface area (Å²) in [5.41, 5.74) is 1.56. The summed E-state index contributed by atoms with van der Waals surface area (Å²) in [6, 6.07) is 7.92. The van der Waals surface area contributed by atoms with Gasteiger partial charge in [-0.05, 0) is 25.0 Å². The van der Waals surface area contributed by atoms with Crippen molar-refractivity contribution in [1.82, 2.24) is 15.3 Å². The minimum Gasteiger partial charge on any atom is -0.431 e. The normalized spacial score (nSPS) is 17.3. The summed E-state index contributed by atoms with van der Waals surface area (Å²) in [4.78, 5) is 23.2. The molecule has 8 heteroatoms. The lowest BCUT2D eigenvalue weighted by atomic mass is 10.2. The Morgan fingerprint density at radius 1 is 1.44 bits per heavy atom. The summed E-state index contributed by atoms with van der Waals surface area (Å²) < 4.78 is 5.62. The highest BCUT2D eigenvalue weighted by molar-refractivity contribution is 7.99. The third-order valence-electron chi connectivity index (χ3n) is 4.18. The maximum absolute atomic E-state index is 12.1. The van der Waals surface area contributed by atoms with E-state index in [0.717, 1.165) is 35.6 Å².